The third kappa shape index (κ3) is 3.77. The van der Waals surface area contributed by atoms with E-state index in [1.54, 1.807) is 0 Å². The fourth-order valence-electron chi connectivity index (χ4n) is 2.31. The van der Waals surface area contributed by atoms with E-state index in [0.29, 0.717) is 6.61 Å². The van der Waals surface area contributed by atoms with Crippen molar-refractivity contribution in [3.8, 4) is 5.75 Å². The second-order valence-corrected chi connectivity index (χ2v) is 5.35. The summed E-state index contributed by atoms with van der Waals surface area (Å²) in [7, 11) is 0. The van der Waals surface area contributed by atoms with Gasteiger partial charge in [-0.15, -0.1) is 0 Å². The fourth-order valence-corrected chi connectivity index (χ4v) is 2.31. The predicted octanol–water partition coefficient (Wildman–Crippen LogP) is 4.41. The lowest BCUT2D eigenvalue weighted by atomic mass is 10.1. The second-order valence-electron chi connectivity index (χ2n) is 5.35. The van der Waals surface area contributed by atoms with Gasteiger partial charge in [-0.25, -0.2) is 0 Å². The molecule has 0 saturated carbocycles. The van der Waals surface area contributed by atoms with Crippen LogP contribution in [-0.2, 0) is 0 Å². The molecule has 0 amide bonds. The van der Waals surface area contributed by atoms with Gasteiger partial charge in [-0.3, -0.25) is 0 Å². The highest BCUT2D eigenvalue weighted by Crippen LogP contribution is 2.18. The van der Waals surface area contributed by atoms with Crippen LogP contribution in [0.2, 0.25) is 0 Å². The average Bonchev–Trinajstić information content (AvgIpc) is 2.38. The molecule has 0 aromatic heterocycles. The van der Waals surface area contributed by atoms with Crippen LogP contribution in [0.15, 0.2) is 36.4 Å². The molecule has 2 heteroatoms. The van der Waals surface area contributed by atoms with Crippen molar-refractivity contribution >= 4 is 5.69 Å². The van der Waals surface area contributed by atoms with Gasteiger partial charge in [-0.1, -0.05) is 18.2 Å². The van der Waals surface area contributed by atoms with Crippen molar-refractivity contribution in [2.24, 2.45) is 0 Å². The van der Waals surface area contributed by atoms with Crippen LogP contribution in [0.1, 0.15) is 22.3 Å². The summed E-state index contributed by atoms with van der Waals surface area (Å²) in [5.41, 5.74) is 6.28. The normalized spacial score (nSPS) is 10.4. The molecule has 0 aliphatic carbocycles. The Hall–Kier alpha value is -1.96. The van der Waals surface area contributed by atoms with Gasteiger partial charge in [0, 0.05) is 12.2 Å². The molecule has 0 atom stereocenters. The molecule has 0 unspecified atom stereocenters. The van der Waals surface area contributed by atoms with Crippen molar-refractivity contribution in [3.63, 3.8) is 0 Å². The number of anilines is 1. The lowest BCUT2D eigenvalue weighted by Crippen LogP contribution is -2.12. The molecule has 2 aromatic carbocycles. The zero-order valence-electron chi connectivity index (χ0n) is 12.8. The number of hydrogen-bond donors (Lipinski definition) is 1. The third-order valence-corrected chi connectivity index (χ3v) is 3.49. The maximum atomic E-state index is 5.80. The van der Waals surface area contributed by atoms with Crippen LogP contribution in [0.3, 0.4) is 0 Å². The van der Waals surface area contributed by atoms with Crippen molar-refractivity contribution in [1.82, 2.24) is 0 Å². The molecule has 0 radical (unpaired) electrons. The van der Waals surface area contributed by atoms with E-state index in [9.17, 15) is 0 Å². The Labute approximate surface area is 121 Å². The van der Waals surface area contributed by atoms with Gasteiger partial charge in [-0.05, 0) is 68.1 Å². The monoisotopic (exact) mass is 269 g/mol. The molecule has 106 valence electrons. The molecule has 2 nitrogen and oxygen atoms in total. The third-order valence-electron chi connectivity index (χ3n) is 3.49. The van der Waals surface area contributed by atoms with E-state index in [4.69, 9.17) is 4.74 Å². The summed E-state index contributed by atoms with van der Waals surface area (Å²) in [6.45, 7) is 9.92. The summed E-state index contributed by atoms with van der Waals surface area (Å²) in [6.07, 6.45) is 0. The van der Waals surface area contributed by atoms with E-state index in [1.165, 1.54) is 27.9 Å². The minimum atomic E-state index is 0.663. The van der Waals surface area contributed by atoms with E-state index in [1.807, 2.05) is 0 Å². The van der Waals surface area contributed by atoms with Crippen LogP contribution in [0.4, 0.5) is 5.69 Å². The molecule has 2 aromatic rings. The maximum Gasteiger partial charge on any atom is 0.119 e. The molecule has 0 aliphatic heterocycles. The zero-order chi connectivity index (χ0) is 14.5. The molecular formula is C18H23NO. The lowest BCUT2D eigenvalue weighted by Gasteiger charge is -2.12. The SMILES string of the molecule is Cc1cc(C)cc(OCCNc2cccc(C)c2C)c1. The van der Waals surface area contributed by atoms with Crippen molar-refractivity contribution in [3.05, 3.63) is 58.7 Å². The summed E-state index contributed by atoms with van der Waals surface area (Å²) in [5.74, 6) is 0.949. The summed E-state index contributed by atoms with van der Waals surface area (Å²) in [4.78, 5) is 0. The summed E-state index contributed by atoms with van der Waals surface area (Å²) < 4.78 is 5.80. The lowest BCUT2D eigenvalue weighted by molar-refractivity contribution is 0.332. The predicted molar refractivity (Wildman–Crippen MR) is 85.8 cm³/mol. The quantitative estimate of drug-likeness (QED) is 0.812. The first-order valence-electron chi connectivity index (χ1n) is 7.07. The van der Waals surface area contributed by atoms with Crippen molar-refractivity contribution in [2.45, 2.75) is 27.7 Å². The molecule has 20 heavy (non-hydrogen) atoms. The first-order valence-corrected chi connectivity index (χ1v) is 7.07. The van der Waals surface area contributed by atoms with Gasteiger partial charge in [0.15, 0.2) is 0 Å². The standard InChI is InChI=1S/C18H23NO/c1-13-10-14(2)12-17(11-13)20-9-8-19-18-7-5-6-15(3)16(18)4/h5-7,10-12,19H,8-9H2,1-4H3. The van der Waals surface area contributed by atoms with E-state index in [-0.39, 0.29) is 0 Å². The molecule has 0 saturated heterocycles. The summed E-state index contributed by atoms with van der Waals surface area (Å²) in [5, 5.41) is 3.43. The highest BCUT2D eigenvalue weighted by molar-refractivity contribution is 5.53. The Morgan fingerprint density at radius 1 is 0.950 bits per heavy atom. The molecular weight excluding hydrogens is 246 g/mol. The summed E-state index contributed by atoms with van der Waals surface area (Å²) in [6, 6.07) is 12.6. The maximum absolute atomic E-state index is 5.80. The van der Waals surface area contributed by atoms with Crippen LogP contribution in [0.25, 0.3) is 0 Å². The molecule has 2 rings (SSSR count). The van der Waals surface area contributed by atoms with Gasteiger partial charge in [0.05, 0.1) is 0 Å². The van der Waals surface area contributed by atoms with Gasteiger partial charge in [0.25, 0.3) is 0 Å². The topological polar surface area (TPSA) is 21.3 Å². The first-order chi connectivity index (χ1) is 9.56. The van der Waals surface area contributed by atoms with Gasteiger partial charge in [-0.2, -0.15) is 0 Å². The number of nitrogens with one attached hydrogen (secondary N) is 1. The van der Waals surface area contributed by atoms with Crippen molar-refractivity contribution in [1.29, 1.82) is 0 Å². The van der Waals surface area contributed by atoms with E-state index < -0.39 is 0 Å². The van der Waals surface area contributed by atoms with Gasteiger partial charge >= 0.3 is 0 Å². The Kier molecular flexibility index (Phi) is 4.67. The highest BCUT2D eigenvalue weighted by atomic mass is 16.5. The first kappa shape index (κ1) is 14.4. The molecule has 0 spiro atoms. The molecule has 0 fully saturated rings. The van der Waals surface area contributed by atoms with E-state index in [0.717, 1.165) is 12.3 Å². The van der Waals surface area contributed by atoms with Crippen LogP contribution in [0.5, 0.6) is 5.75 Å². The van der Waals surface area contributed by atoms with Crippen LogP contribution < -0.4 is 10.1 Å². The Bertz CT molecular complexity index is 570. The van der Waals surface area contributed by atoms with E-state index in [2.05, 4.69) is 69.4 Å². The number of ether oxygens (including phenoxy) is 1. The summed E-state index contributed by atoms with van der Waals surface area (Å²) >= 11 is 0. The van der Waals surface area contributed by atoms with Crippen LogP contribution in [-0.4, -0.2) is 13.2 Å². The second kappa shape index (κ2) is 6.47. The molecule has 0 heterocycles. The number of hydrogen-bond acceptors (Lipinski definition) is 2. The van der Waals surface area contributed by atoms with E-state index >= 15 is 0 Å². The fraction of sp³-hybridized carbons (Fsp3) is 0.333. The van der Waals surface area contributed by atoms with Crippen molar-refractivity contribution in [2.75, 3.05) is 18.5 Å². The van der Waals surface area contributed by atoms with Crippen LogP contribution >= 0.6 is 0 Å². The highest BCUT2D eigenvalue weighted by Gasteiger charge is 2.00. The van der Waals surface area contributed by atoms with Gasteiger partial charge in [0.2, 0.25) is 0 Å². The Morgan fingerprint density at radius 2 is 1.65 bits per heavy atom. The number of aryl methyl sites for hydroxylation is 3. The Balaban J connectivity index is 1.86. The minimum Gasteiger partial charge on any atom is -0.492 e. The zero-order valence-corrected chi connectivity index (χ0v) is 12.8. The minimum absolute atomic E-state index is 0.663. The number of benzene rings is 2. The van der Waals surface area contributed by atoms with Gasteiger partial charge < -0.3 is 10.1 Å². The average molecular weight is 269 g/mol. The largest absolute Gasteiger partial charge is 0.492 e. The molecule has 0 bridgehead atoms. The smallest absolute Gasteiger partial charge is 0.119 e. The van der Waals surface area contributed by atoms with Crippen LogP contribution in [0, 0.1) is 27.7 Å². The van der Waals surface area contributed by atoms with Gasteiger partial charge in [0.1, 0.15) is 12.4 Å². The molecule has 1 N–H and O–H groups in total. The Morgan fingerprint density at radius 3 is 2.35 bits per heavy atom. The molecule has 0 aliphatic rings. The van der Waals surface area contributed by atoms with Crippen molar-refractivity contribution < 1.29 is 4.74 Å². The number of rotatable bonds is 5.